The largest absolute Gasteiger partial charge is 0.359 e. The van der Waals surface area contributed by atoms with E-state index in [1.165, 1.54) is 6.92 Å². The summed E-state index contributed by atoms with van der Waals surface area (Å²) < 4.78 is 7.07. The Morgan fingerprint density at radius 3 is 2.42 bits per heavy atom. The van der Waals surface area contributed by atoms with Crippen molar-refractivity contribution in [3.63, 3.8) is 0 Å². The van der Waals surface area contributed by atoms with Crippen molar-refractivity contribution in [2.75, 3.05) is 7.05 Å². The number of carbonyl (C=O) groups excluding carboxylic acids is 2. The number of amides is 1. The van der Waals surface area contributed by atoms with Gasteiger partial charge in [-0.3, -0.25) is 14.3 Å². The Morgan fingerprint density at radius 1 is 1.27 bits per heavy atom. The molecule has 0 aliphatic heterocycles. The highest BCUT2D eigenvalue weighted by atomic mass is 16.5. The zero-order valence-corrected chi connectivity index (χ0v) is 16.7. The van der Waals surface area contributed by atoms with Crippen molar-refractivity contribution in [2.45, 2.75) is 66.5 Å². The van der Waals surface area contributed by atoms with Crippen LogP contribution in [0.2, 0.25) is 0 Å². The van der Waals surface area contributed by atoms with Gasteiger partial charge < -0.3 is 9.42 Å². The van der Waals surface area contributed by atoms with Crippen molar-refractivity contribution < 1.29 is 14.1 Å². The molecule has 0 fully saturated rings. The summed E-state index contributed by atoms with van der Waals surface area (Å²) in [5.74, 6) is 0.933. The minimum atomic E-state index is -0.141. The topological polar surface area (TPSA) is 81.2 Å². The summed E-state index contributed by atoms with van der Waals surface area (Å²) in [5.41, 5.74) is 3.02. The molecule has 2 rings (SSSR count). The van der Waals surface area contributed by atoms with E-state index in [0.717, 1.165) is 11.4 Å². The molecule has 1 amide bonds. The molecule has 26 heavy (non-hydrogen) atoms. The molecule has 1 atom stereocenters. The Morgan fingerprint density at radius 2 is 1.92 bits per heavy atom. The van der Waals surface area contributed by atoms with E-state index in [-0.39, 0.29) is 23.7 Å². The van der Waals surface area contributed by atoms with Crippen LogP contribution in [0.15, 0.2) is 10.6 Å². The van der Waals surface area contributed by atoms with Gasteiger partial charge in [0.1, 0.15) is 0 Å². The second kappa shape index (κ2) is 7.85. The Hall–Kier alpha value is -2.44. The molecule has 0 N–H and O–H groups in total. The lowest BCUT2D eigenvalue weighted by Crippen LogP contribution is -2.28. The number of Topliss-reactive ketones (excluding diaryl/α,β-unsaturated/α-hetero) is 1. The fourth-order valence-electron chi connectivity index (χ4n) is 3.09. The molecule has 0 bridgehead atoms. The fraction of sp³-hybridized carbons (Fsp3) is 0.579. The van der Waals surface area contributed by atoms with Gasteiger partial charge in [-0.2, -0.15) is 5.10 Å². The number of rotatable bonds is 7. The quantitative estimate of drug-likeness (QED) is 0.707. The Kier molecular flexibility index (Phi) is 6.00. The third-order valence-electron chi connectivity index (χ3n) is 4.55. The maximum absolute atomic E-state index is 12.6. The predicted molar refractivity (Wildman–Crippen MR) is 98.1 cm³/mol. The number of aryl methyl sites for hydroxylation is 1. The normalized spacial score (nSPS) is 12.5. The van der Waals surface area contributed by atoms with Crippen LogP contribution in [0.25, 0.3) is 0 Å². The van der Waals surface area contributed by atoms with Crippen molar-refractivity contribution in [3.05, 3.63) is 34.5 Å². The Labute approximate surface area is 154 Å². The first-order valence-electron chi connectivity index (χ1n) is 8.87. The van der Waals surface area contributed by atoms with E-state index in [9.17, 15) is 9.59 Å². The molecule has 0 spiro atoms. The van der Waals surface area contributed by atoms with E-state index in [0.29, 0.717) is 30.0 Å². The second-order valence-corrected chi connectivity index (χ2v) is 7.22. The lowest BCUT2D eigenvalue weighted by Gasteiger charge is -2.19. The second-order valence-electron chi connectivity index (χ2n) is 7.22. The predicted octanol–water partition coefficient (Wildman–Crippen LogP) is 3.42. The molecular weight excluding hydrogens is 332 g/mol. The molecule has 2 aromatic rings. The third kappa shape index (κ3) is 4.20. The average Bonchev–Trinajstić information content (AvgIpc) is 3.11. The zero-order valence-electron chi connectivity index (χ0n) is 16.7. The average molecular weight is 360 g/mol. The first-order chi connectivity index (χ1) is 12.1. The number of hydrogen-bond donors (Lipinski definition) is 0. The van der Waals surface area contributed by atoms with Gasteiger partial charge in [0.25, 0.3) is 0 Å². The van der Waals surface area contributed by atoms with Crippen LogP contribution >= 0.6 is 0 Å². The maximum Gasteiger partial charge on any atom is 0.224 e. The van der Waals surface area contributed by atoms with Crippen LogP contribution in [0.4, 0.5) is 0 Å². The van der Waals surface area contributed by atoms with E-state index in [2.05, 4.69) is 10.3 Å². The standard InChI is InChI=1S/C19H28N4O3/c1-11(2)17-9-16(26-21-17)10-22(7)18(25)8-12(3)23-14(5)19(15(6)24)13(4)20-23/h9,11-12H,8,10H2,1-7H3/t12-/m1/s1. The first-order valence-corrected chi connectivity index (χ1v) is 8.87. The van der Waals surface area contributed by atoms with Gasteiger partial charge in [0.2, 0.25) is 5.91 Å². The molecule has 142 valence electrons. The van der Waals surface area contributed by atoms with Gasteiger partial charge in [-0.05, 0) is 33.6 Å². The molecular formula is C19H28N4O3. The molecule has 0 saturated carbocycles. The van der Waals surface area contributed by atoms with Crippen LogP contribution in [-0.2, 0) is 11.3 Å². The number of aromatic nitrogens is 3. The van der Waals surface area contributed by atoms with Gasteiger partial charge in [-0.25, -0.2) is 0 Å². The first kappa shape index (κ1) is 19.9. The highest BCUT2D eigenvalue weighted by Gasteiger charge is 2.22. The minimum absolute atomic E-state index is 0.00632. The summed E-state index contributed by atoms with van der Waals surface area (Å²) in [6, 6.07) is 1.75. The summed E-state index contributed by atoms with van der Waals surface area (Å²) in [7, 11) is 1.74. The molecule has 7 heteroatoms. The van der Waals surface area contributed by atoms with Gasteiger partial charge in [-0.15, -0.1) is 0 Å². The molecule has 0 radical (unpaired) electrons. The molecule has 0 unspecified atom stereocenters. The van der Waals surface area contributed by atoms with E-state index >= 15 is 0 Å². The van der Waals surface area contributed by atoms with Crippen LogP contribution in [0, 0.1) is 13.8 Å². The van der Waals surface area contributed by atoms with E-state index in [1.807, 2.05) is 40.7 Å². The molecule has 0 aromatic carbocycles. The molecule has 2 heterocycles. The Bertz CT molecular complexity index is 804. The number of carbonyl (C=O) groups is 2. The van der Waals surface area contributed by atoms with Crippen LogP contribution < -0.4 is 0 Å². The van der Waals surface area contributed by atoms with Crippen LogP contribution in [0.5, 0.6) is 0 Å². The fourth-order valence-corrected chi connectivity index (χ4v) is 3.09. The van der Waals surface area contributed by atoms with Crippen molar-refractivity contribution >= 4 is 11.7 Å². The number of ketones is 1. The highest BCUT2D eigenvalue weighted by molar-refractivity contribution is 5.96. The van der Waals surface area contributed by atoms with Gasteiger partial charge >= 0.3 is 0 Å². The highest BCUT2D eigenvalue weighted by Crippen LogP contribution is 2.21. The minimum Gasteiger partial charge on any atom is -0.359 e. The smallest absolute Gasteiger partial charge is 0.224 e. The van der Waals surface area contributed by atoms with Gasteiger partial charge in [0.05, 0.1) is 29.5 Å². The summed E-state index contributed by atoms with van der Waals surface area (Å²) in [6.07, 6.45) is 0.293. The molecule has 7 nitrogen and oxygen atoms in total. The number of nitrogens with zero attached hydrogens (tertiary/aromatic N) is 4. The lowest BCUT2D eigenvalue weighted by atomic mass is 10.1. The third-order valence-corrected chi connectivity index (χ3v) is 4.55. The molecule has 2 aromatic heterocycles. The van der Waals surface area contributed by atoms with E-state index in [4.69, 9.17) is 4.52 Å². The van der Waals surface area contributed by atoms with E-state index < -0.39 is 0 Å². The maximum atomic E-state index is 12.6. The molecule has 0 aliphatic carbocycles. The van der Waals surface area contributed by atoms with Crippen molar-refractivity contribution in [2.24, 2.45) is 0 Å². The summed E-state index contributed by atoms with van der Waals surface area (Å²) in [5, 5.41) is 8.47. The summed E-state index contributed by atoms with van der Waals surface area (Å²) >= 11 is 0. The lowest BCUT2D eigenvalue weighted by molar-refractivity contribution is -0.131. The van der Waals surface area contributed by atoms with Crippen LogP contribution in [0.1, 0.15) is 79.3 Å². The monoisotopic (exact) mass is 360 g/mol. The summed E-state index contributed by atoms with van der Waals surface area (Å²) in [6.45, 7) is 11.6. The summed E-state index contributed by atoms with van der Waals surface area (Å²) in [4.78, 5) is 25.9. The van der Waals surface area contributed by atoms with E-state index in [1.54, 1.807) is 16.6 Å². The van der Waals surface area contributed by atoms with Crippen molar-refractivity contribution in [1.82, 2.24) is 19.8 Å². The van der Waals surface area contributed by atoms with Gasteiger partial charge in [0.15, 0.2) is 11.5 Å². The van der Waals surface area contributed by atoms with Crippen LogP contribution in [-0.4, -0.2) is 38.6 Å². The van der Waals surface area contributed by atoms with Gasteiger partial charge in [0, 0.05) is 25.2 Å². The molecule has 0 saturated heterocycles. The zero-order chi connectivity index (χ0) is 19.6. The van der Waals surface area contributed by atoms with Crippen LogP contribution in [0.3, 0.4) is 0 Å². The van der Waals surface area contributed by atoms with Crippen molar-refractivity contribution in [3.8, 4) is 0 Å². The number of hydrogen-bond acceptors (Lipinski definition) is 5. The van der Waals surface area contributed by atoms with Crippen molar-refractivity contribution in [1.29, 1.82) is 0 Å². The Balaban J connectivity index is 2.04. The SMILES string of the molecule is CC(=O)c1c(C)nn([C@H](C)CC(=O)N(C)Cc2cc(C(C)C)no2)c1C. The molecule has 0 aliphatic rings. The van der Waals surface area contributed by atoms with Gasteiger partial charge in [-0.1, -0.05) is 19.0 Å².